The lowest BCUT2D eigenvalue weighted by molar-refractivity contribution is -0.122. The van der Waals surface area contributed by atoms with Gasteiger partial charge >= 0.3 is 6.03 Å². The van der Waals surface area contributed by atoms with E-state index >= 15 is 0 Å². The van der Waals surface area contributed by atoms with E-state index in [9.17, 15) is 9.59 Å². The Morgan fingerprint density at radius 2 is 1.69 bits per heavy atom. The third-order valence-corrected chi connectivity index (χ3v) is 5.42. The van der Waals surface area contributed by atoms with Gasteiger partial charge in [0.15, 0.2) is 0 Å². The molecule has 1 atom stereocenters. The van der Waals surface area contributed by atoms with Gasteiger partial charge in [-0.1, -0.05) is 56.3 Å². The molecule has 29 heavy (non-hydrogen) atoms. The number of nitrogens with one attached hydrogen (secondary N) is 1. The van der Waals surface area contributed by atoms with Gasteiger partial charge in [-0.2, -0.15) is 0 Å². The maximum Gasteiger partial charge on any atom is 0.325 e. The average molecular weight is 394 g/mol. The van der Waals surface area contributed by atoms with Gasteiger partial charge in [-0.05, 0) is 48.9 Å². The van der Waals surface area contributed by atoms with Crippen LogP contribution in [0.3, 0.4) is 0 Å². The van der Waals surface area contributed by atoms with Crippen molar-refractivity contribution in [3.8, 4) is 0 Å². The predicted octanol–water partition coefficient (Wildman–Crippen LogP) is 4.19. The van der Waals surface area contributed by atoms with Crippen LogP contribution in [0.2, 0.25) is 0 Å². The van der Waals surface area contributed by atoms with Crippen LogP contribution in [0.1, 0.15) is 44.2 Å². The molecule has 0 aliphatic carbocycles. The second kappa shape index (κ2) is 9.59. The van der Waals surface area contributed by atoms with Gasteiger partial charge in [-0.3, -0.25) is 9.69 Å². The number of carbonyl (C=O) groups is 2. The number of amides is 3. The fraction of sp³-hybridized carbons (Fsp3) is 0.417. The van der Waals surface area contributed by atoms with Gasteiger partial charge in [0.2, 0.25) is 5.91 Å². The van der Waals surface area contributed by atoms with Crippen LogP contribution >= 0.6 is 0 Å². The van der Waals surface area contributed by atoms with Crippen LogP contribution in [-0.2, 0) is 11.2 Å². The number of hydrogen-bond donors (Lipinski definition) is 1. The molecule has 0 bridgehead atoms. The highest BCUT2D eigenvalue weighted by Gasteiger charge is 2.31. The quantitative estimate of drug-likeness (QED) is 0.731. The first-order valence-corrected chi connectivity index (χ1v) is 10.4. The number of aryl methyl sites for hydroxylation is 1. The average Bonchev–Trinajstić information content (AvgIpc) is 3.07. The van der Waals surface area contributed by atoms with Crippen molar-refractivity contribution in [2.45, 2.75) is 45.6 Å². The zero-order chi connectivity index (χ0) is 20.8. The van der Waals surface area contributed by atoms with Crippen molar-refractivity contribution in [3.63, 3.8) is 0 Å². The molecule has 1 heterocycles. The summed E-state index contributed by atoms with van der Waals surface area (Å²) >= 11 is 0. The molecule has 1 fully saturated rings. The van der Waals surface area contributed by atoms with Crippen molar-refractivity contribution in [2.75, 3.05) is 24.5 Å². The smallest absolute Gasteiger partial charge is 0.325 e. The van der Waals surface area contributed by atoms with Gasteiger partial charge in [-0.25, -0.2) is 4.79 Å². The molecule has 0 aromatic heterocycles. The van der Waals surface area contributed by atoms with Crippen LogP contribution in [0.15, 0.2) is 54.6 Å². The van der Waals surface area contributed by atoms with Crippen molar-refractivity contribution in [3.05, 3.63) is 65.7 Å². The standard InChI is InChI=1S/C24H31N3O2/c1-18(2)21-11-13-22(14-12-21)27-16-15-26(24(27)29)17-23(28)25-19(3)9-10-20-7-5-4-6-8-20/h4-8,11-14,18-19H,9-10,15-17H2,1-3H3,(H,25,28). The number of carbonyl (C=O) groups excluding carboxylic acids is 2. The van der Waals surface area contributed by atoms with Crippen LogP contribution in [0.25, 0.3) is 0 Å². The minimum absolute atomic E-state index is 0.0695. The molecular formula is C24H31N3O2. The molecule has 1 aliphatic rings. The van der Waals surface area contributed by atoms with Crippen LogP contribution in [0.5, 0.6) is 0 Å². The highest BCUT2D eigenvalue weighted by molar-refractivity contribution is 5.96. The molecule has 0 spiro atoms. The van der Waals surface area contributed by atoms with E-state index in [0.717, 1.165) is 18.5 Å². The highest BCUT2D eigenvalue weighted by atomic mass is 16.2. The van der Waals surface area contributed by atoms with E-state index < -0.39 is 0 Å². The number of rotatable bonds is 8. The fourth-order valence-electron chi connectivity index (χ4n) is 3.60. The first-order valence-electron chi connectivity index (χ1n) is 10.4. The maximum absolute atomic E-state index is 12.7. The second-order valence-corrected chi connectivity index (χ2v) is 8.09. The maximum atomic E-state index is 12.7. The summed E-state index contributed by atoms with van der Waals surface area (Å²) in [5.74, 6) is 0.360. The molecule has 3 rings (SSSR count). The minimum atomic E-state index is -0.102. The summed E-state index contributed by atoms with van der Waals surface area (Å²) in [6.07, 6.45) is 1.79. The number of benzene rings is 2. The van der Waals surface area contributed by atoms with E-state index in [1.807, 2.05) is 37.3 Å². The molecule has 0 saturated carbocycles. The fourth-order valence-corrected chi connectivity index (χ4v) is 3.60. The molecule has 2 aromatic carbocycles. The summed E-state index contributed by atoms with van der Waals surface area (Å²) in [7, 11) is 0. The molecule has 1 saturated heterocycles. The van der Waals surface area contributed by atoms with Gasteiger partial charge in [0, 0.05) is 24.8 Å². The van der Waals surface area contributed by atoms with Gasteiger partial charge in [0.25, 0.3) is 0 Å². The monoisotopic (exact) mass is 393 g/mol. The number of nitrogens with zero attached hydrogens (tertiary/aromatic N) is 2. The number of anilines is 1. The van der Waals surface area contributed by atoms with E-state index in [4.69, 9.17) is 0 Å². The zero-order valence-corrected chi connectivity index (χ0v) is 17.6. The molecule has 154 valence electrons. The summed E-state index contributed by atoms with van der Waals surface area (Å²) in [5.41, 5.74) is 3.40. The number of urea groups is 1. The molecule has 5 nitrogen and oxygen atoms in total. The van der Waals surface area contributed by atoms with E-state index in [2.05, 4.69) is 43.4 Å². The van der Waals surface area contributed by atoms with Gasteiger partial charge < -0.3 is 10.2 Å². The zero-order valence-electron chi connectivity index (χ0n) is 17.6. The molecule has 3 amide bonds. The first kappa shape index (κ1) is 20.9. The van der Waals surface area contributed by atoms with Crippen molar-refractivity contribution in [1.82, 2.24) is 10.2 Å². The van der Waals surface area contributed by atoms with E-state index in [0.29, 0.717) is 19.0 Å². The van der Waals surface area contributed by atoms with E-state index in [1.165, 1.54) is 11.1 Å². The molecule has 1 aliphatic heterocycles. The summed E-state index contributed by atoms with van der Waals surface area (Å²) in [5, 5.41) is 3.02. The SMILES string of the molecule is CC(CCc1ccccc1)NC(=O)CN1CCN(c2ccc(C(C)C)cc2)C1=O. The Morgan fingerprint density at radius 1 is 1.00 bits per heavy atom. The van der Waals surface area contributed by atoms with Gasteiger partial charge in [-0.15, -0.1) is 0 Å². The van der Waals surface area contributed by atoms with Crippen LogP contribution in [-0.4, -0.2) is 42.5 Å². The Balaban J connectivity index is 1.47. The highest BCUT2D eigenvalue weighted by Crippen LogP contribution is 2.23. The van der Waals surface area contributed by atoms with Crippen molar-refractivity contribution < 1.29 is 9.59 Å². The first-order chi connectivity index (χ1) is 13.9. The molecule has 2 aromatic rings. The molecule has 1 N–H and O–H groups in total. The van der Waals surface area contributed by atoms with Crippen molar-refractivity contribution in [1.29, 1.82) is 0 Å². The van der Waals surface area contributed by atoms with E-state index in [1.54, 1.807) is 9.80 Å². The summed E-state index contributed by atoms with van der Waals surface area (Å²) in [6.45, 7) is 7.59. The van der Waals surface area contributed by atoms with Crippen molar-refractivity contribution >= 4 is 17.6 Å². The topological polar surface area (TPSA) is 52.7 Å². The largest absolute Gasteiger partial charge is 0.352 e. The predicted molar refractivity (Wildman–Crippen MR) is 117 cm³/mol. The second-order valence-electron chi connectivity index (χ2n) is 8.09. The van der Waals surface area contributed by atoms with Crippen LogP contribution < -0.4 is 10.2 Å². The lowest BCUT2D eigenvalue weighted by atomic mass is 10.0. The lowest BCUT2D eigenvalue weighted by Gasteiger charge is -2.20. The van der Waals surface area contributed by atoms with Gasteiger partial charge in [0.05, 0.1) is 0 Å². The molecular weight excluding hydrogens is 362 g/mol. The van der Waals surface area contributed by atoms with Gasteiger partial charge in [0.1, 0.15) is 6.54 Å². The Morgan fingerprint density at radius 3 is 2.34 bits per heavy atom. The third kappa shape index (κ3) is 5.59. The Kier molecular flexibility index (Phi) is 6.91. The molecule has 1 unspecified atom stereocenters. The third-order valence-electron chi connectivity index (χ3n) is 5.42. The Labute approximate surface area is 173 Å². The Hall–Kier alpha value is -2.82. The normalized spacial score (nSPS) is 15.1. The van der Waals surface area contributed by atoms with Crippen molar-refractivity contribution in [2.24, 2.45) is 0 Å². The lowest BCUT2D eigenvalue weighted by Crippen LogP contribution is -2.42. The van der Waals surface area contributed by atoms with Crippen LogP contribution in [0.4, 0.5) is 10.5 Å². The minimum Gasteiger partial charge on any atom is -0.352 e. The molecule has 0 radical (unpaired) electrons. The summed E-state index contributed by atoms with van der Waals surface area (Å²) in [4.78, 5) is 28.5. The Bertz CT molecular complexity index is 818. The summed E-state index contributed by atoms with van der Waals surface area (Å²) < 4.78 is 0. The van der Waals surface area contributed by atoms with Crippen LogP contribution in [0, 0.1) is 0 Å². The van der Waals surface area contributed by atoms with E-state index in [-0.39, 0.29) is 24.5 Å². The molecule has 5 heteroatoms. The number of hydrogen-bond acceptors (Lipinski definition) is 2. The summed E-state index contributed by atoms with van der Waals surface area (Å²) in [6, 6.07) is 18.3.